The number of benzene rings is 2. The molecule has 0 aromatic heterocycles. The molecule has 0 amide bonds. The van der Waals surface area contributed by atoms with Crippen LogP contribution in [-0.2, 0) is 10.0 Å². The molecule has 0 unspecified atom stereocenters. The lowest BCUT2D eigenvalue weighted by atomic mass is 10.2. The number of sulfonamides is 1. The number of aryl methyl sites for hydroxylation is 1. The van der Waals surface area contributed by atoms with Crippen molar-refractivity contribution in [2.75, 3.05) is 4.72 Å². The molecule has 2 aromatic rings. The number of nitrogens with one attached hydrogen (secondary N) is 1. The van der Waals surface area contributed by atoms with Gasteiger partial charge in [0.25, 0.3) is 10.0 Å². The number of rotatable bonds is 4. The quantitative estimate of drug-likeness (QED) is 0.848. The molecule has 0 atom stereocenters. The summed E-state index contributed by atoms with van der Waals surface area (Å²) in [6.07, 6.45) is 0. The molecule has 21 heavy (non-hydrogen) atoms. The summed E-state index contributed by atoms with van der Waals surface area (Å²) in [5.74, 6) is -0.656. The lowest BCUT2D eigenvalue weighted by Crippen LogP contribution is -2.16. The molecule has 0 heterocycles. The molecule has 4 nitrogen and oxygen atoms in total. The van der Waals surface area contributed by atoms with Crippen molar-refractivity contribution in [3.05, 3.63) is 59.4 Å². The van der Waals surface area contributed by atoms with Gasteiger partial charge in [0.1, 0.15) is 10.8 Å². The molecule has 0 fully saturated rings. The lowest BCUT2D eigenvalue weighted by molar-refractivity contribution is 0.599. The Bertz CT molecular complexity index is 804. The van der Waals surface area contributed by atoms with Gasteiger partial charge in [-0.1, -0.05) is 24.4 Å². The topological polar surface area (TPSA) is 72.2 Å². The van der Waals surface area contributed by atoms with Crippen molar-refractivity contribution in [2.45, 2.75) is 11.8 Å². The molecule has 2 aromatic carbocycles. The van der Waals surface area contributed by atoms with Crippen molar-refractivity contribution in [3.63, 3.8) is 0 Å². The molecule has 0 saturated heterocycles. The van der Waals surface area contributed by atoms with E-state index in [-0.39, 0.29) is 15.4 Å². The van der Waals surface area contributed by atoms with Gasteiger partial charge in [-0.2, -0.15) is 0 Å². The number of halogens is 1. The summed E-state index contributed by atoms with van der Waals surface area (Å²) in [4.78, 5) is -0.298. The van der Waals surface area contributed by atoms with Crippen LogP contribution in [0.25, 0.3) is 0 Å². The Morgan fingerprint density at radius 3 is 2.57 bits per heavy atom. The van der Waals surface area contributed by atoms with E-state index in [1.54, 1.807) is 18.2 Å². The fourth-order valence-corrected chi connectivity index (χ4v) is 3.01. The van der Waals surface area contributed by atoms with Crippen LogP contribution in [0.2, 0.25) is 0 Å². The Balaban J connectivity index is 2.40. The molecule has 0 bridgehead atoms. The number of hydrogen-bond donors (Lipinski definition) is 2. The first kappa shape index (κ1) is 15.4. The third kappa shape index (κ3) is 3.56. The van der Waals surface area contributed by atoms with E-state index >= 15 is 0 Å². The van der Waals surface area contributed by atoms with Crippen LogP contribution in [0.5, 0.6) is 0 Å². The van der Waals surface area contributed by atoms with Gasteiger partial charge >= 0.3 is 0 Å². The zero-order chi connectivity index (χ0) is 15.6. The van der Waals surface area contributed by atoms with Crippen molar-refractivity contribution >= 4 is 32.9 Å². The monoisotopic (exact) mass is 324 g/mol. The molecule has 0 aliphatic carbocycles. The minimum atomic E-state index is -3.83. The first-order valence-corrected chi connectivity index (χ1v) is 7.87. The minimum Gasteiger partial charge on any atom is -0.389 e. The Morgan fingerprint density at radius 1 is 1.24 bits per heavy atom. The van der Waals surface area contributed by atoms with Crippen molar-refractivity contribution in [2.24, 2.45) is 5.73 Å². The van der Waals surface area contributed by atoms with Gasteiger partial charge in [-0.25, -0.2) is 12.8 Å². The predicted molar refractivity (Wildman–Crippen MR) is 84.3 cm³/mol. The Morgan fingerprint density at radius 2 is 1.95 bits per heavy atom. The first-order chi connectivity index (χ1) is 9.79. The SMILES string of the molecule is Cc1cccc(NS(=O)(=O)c2ccc(F)c(C(N)=S)c2)c1. The van der Waals surface area contributed by atoms with E-state index < -0.39 is 15.8 Å². The minimum absolute atomic E-state index is 0.0999. The number of nitrogens with two attached hydrogens (primary N) is 1. The molecule has 7 heteroatoms. The largest absolute Gasteiger partial charge is 0.389 e. The normalized spacial score (nSPS) is 11.1. The van der Waals surface area contributed by atoms with E-state index in [0.29, 0.717) is 5.69 Å². The van der Waals surface area contributed by atoms with Gasteiger partial charge < -0.3 is 5.73 Å². The van der Waals surface area contributed by atoms with Gasteiger partial charge in [0, 0.05) is 11.3 Å². The summed E-state index contributed by atoms with van der Waals surface area (Å²) in [6, 6.07) is 10.2. The fraction of sp³-hybridized carbons (Fsp3) is 0.0714. The molecule has 0 radical (unpaired) electrons. The standard InChI is InChI=1S/C14H13FN2O2S2/c1-9-3-2-4-10(7-9)17-21(18,19)11-5-6-13(15)12(8-11)14(16)20/h2-8,17H,1H3,(H2,16,20). The number of thiocarbonyl (C=S) groups is 1. The van der Waals surface area contributed by atoms with Crippen LogP contribution in [0.4, 0.5) is 10.1 Å². The Kier molecular flexibility index (Phi) is 4.24. The summed E-state index contributed by atoms with van der Waals surface area (Å²) >= 11 is 4.70. The molecular weight excluding hydrogens is 311 g/mol. The Labute approximate surface area is 127 Å². The van der Waals surface area contributed by atoms with Crippen LogP contribution in [0.1, 0.15) is 11.1 Å². The molecule has 0 aliphatic rings. The van der Waals surface area contributed by atoms with Crippen LogP contribution < -0.4 is 10.5 Å². The highest BCUT2D eigenvalue weighted by molar-refractivity contribution is 7.92. The second-order valence-corrected chi connectivity index (χ2v) is 6.60. The molecule has 3 N–H and O–H groups in total. The van der Waals surface area contributed by atoms with E-state index in [9.17, 15) is 12.8 Å². The van der Waals surface area contributed by atoms with Crippen molar-refractivity contribution in [3.8, 4) is 0 Å². The van der Waals surface area contributed by atoms with Crippen LogP contribution in [-0.4, -0.2) is 13.4 Å². The Hall–Kier alpha value is -1.99. The van der Waals surface area contributed by atoms with Gasteiger partial charge in [0.05, 0.1) is 4.90 Å². The molecule has 2 rings (SSSR count). The molecule has 0 spiro atoms. The first-order valence-electron chi connectivity index (χ1n) is 5.98. The van der Waals surface area contributed by atoms with Gasteiger partial charge in [-0.15, -0.1) is 0 Å². The van der Waals surface area contributed by atoms with Gasteiger partial charge in [0.2, 0.25) is 0 Å². The smallest absolute Gasteiger partial charge is 0.261 e. The van der Waals surface area contributed by atoms with E-state index in [0.717, 1.165) is 23.8 Å². The highest BCUT2D eigenvalue weighted by Gasteiger charge is 2.17. The molecule has 0 saturated carbocycles. The summed E-state index contributed by atoms with van der Waals surface area (Å²) < 4.78 is 40.5. The van der Waals surface area contributed by atoms with Gasteiger partial charge in [0.15, 0.2) is 0 Å². The van der Waals surface area contributed by atoms with Gasteiger partial charge in [-0.05, 0) is 42.8 Å². The summed E-state index contributed by atoms with van der Waals surface area (Å²) in [5.41, 5.74) is 6.62. The van der Waals surface area contributed by atoms with Crippen molar-refractivity contribution in [1.82, 2.24) is 0 Å². The number of anilines is 1. The highest BCUT2D eigenvalue weighted by Crippen LogP contribution is 2.19. The molecule has 0 aliphatic heterocycles. The van der Waals surface area contributed by atoms with Crippen molar-refractivity contribution < 1.29 is 12.8 Å². The highest BCUT2D eigenvalue weighted by atomic mass is 32.2. The average molecular weight is 324 g/mol. The zero-order valence-corrected chi connectivity index (χ0v) is 12.8. The summed E-state index contributed by atoms with van der Waals surface area (Å²) in [7, 11) is -3.83. The summed E-state index contributed by atoms with van der Waals surface area (Å²) in [6.45, 7) is 1.85. The van der Waals surface area contributed by atoms with Crippen LogP contribution in [0, 0.1) is 12.7 Å². The van der Waals surface area contributed by atoms with Crippen LogP contribution in [0.3, 0.4) is 0 Å². The van der Waals surface area contributed by atoms with E-state index in [2.05, 4.69) is 4.72 Å². The molecule has 110 valence electrons. The van der Waals surface area contributed by atoms with Crippen LogP contribution in [0.15, 0.2) is 47.4 Å². The van der Waals surface area contributed by atoms with Crippen LogP contribution >= 0.6 is 12.2 Å². The number of hydrogen-bond acceptors (Lipinski definition) is 3. The average Bonchev–Trinajstić information content (AvgIpc) is 2.38. The third-order valence-corrected chi connectivity index (χ3v) is 4.38. The lowest BCUT2D eigenvalue weighted by Gasteiger charge is -2.10. The predicted octanol–water partition coefficient (Wildman–Crippen LogP) is 2.57. The zero-order valence-electron chi connectivity index (χ0n) is 11.1. The maximum absolute atomic E-state index is 13.5. The van der Waals surface area contributed by atoms with E-state index in [1.165, 1.54) is 0 Å². The second-order valence-electron chi connectivity index (χ2n) is 4.48. The van der Waals surface area contributed by atoms with E-state index in [1.807, 2.05) is 13.0 Å². The van der Waals surface area contributed by atoms with Crippen molar-refractivity contribution in [1.29, 1.82) is 0 Å². The fourth-order valence-electron chi connectivity index (χ4n) is 1.78. The van der Waals surface area contributed by atoms with Gasteiger partial charge in [-0.3, -0.25) is 4.72 Å². The maximum Gasteiger partial charge on any atom is 0.261 e. The molecular formula is C14H13FN2O2S2. The third-order valence-electron chi connectivity index (χ3n) is 2.78. The summed E-state index contributed by atoms with van der Waals surface area (Å²) in [5, 5.41) is 0. The second kappa shape index (κ2) is 5.79. The maximum atomic E-state index is 13.5. The van der Waals surface area contributed by atoms with E-state index in [4.69, 9.17) is 18.0 Å².